The van der Waals surface area contributed by atoms with E-state index in [0.29, 0.717) is 24.6 Å². The van der Waals surface area contributed by atoms with Gasteiger partial charge in [-0.1, -0.05) is 37.8 Å². The molecule has 0 bridgehead atoms. The fraction of sp³-hybridized carbons (Fsp3) is 0.692. The van der Waals surface area contributed by atoms with Crippen LogP contribution in [0.2, 0.25) is 0 Å². The molecule has 3 unspecified atom stereocenters. The number of carbonyl (C=O) groups is 2. The first-order chi connectivity index (χ1) is 16.9. The molecular formula is C26H41FN4O4. The normalized spacial score (nSPS) is 20.4. The van der Waals surface area contributed by atoms with Crippen LogP contribution in [0, 0.1) is 17.7 Å². The van der Waals surface area contributed by atoms with E-state index in [9.17, 15) is 14.0 Å². The Morgan fingerprint density at radius 1 is 1.26 bits per heavy atom. The Bertz CT molecular complexity index is 820. The quantitative estimate of drug-likeness (QED) is 0.433. The van der Waals surface area contributed by atoms with Gasteiger partial charge in [0, 0.05) is 45.2 Å². The Kier molecular flexibility index (Phi) is 10.6. The van der Waals surface area contributed by atoms with Gasteiger partial charge in [0.25, 0.3) is 0 Å². The van der Waals surface area contributed by atoms with Crippen molar-refractivity contribution in [2.75, 3.05) is 46.9 Å². The van der Waals surface area contributed by atoms with Gasteiger partial charge in [0.15, 0.2) is 0 Å². The minimum absolute atomic E-state index is 0.0102. The minimum atomic E-state index is -1.02. The second-order valence-corrected chi connectivity index (χ2v) is 9.99. The van der Waals surface area contributed by atoms with Gasteiger partial charge in [-0.2, -0.15) is 0 Å². The number of hydrogen-bond donors (Lipinski definition) is 3. The van der Waals surface area contributed by atoms with Gasteiger partial charge in [-0.3, -0.25) is 0 Å². The molecule has 0 radical (unpaired) electrons. The Morgan fingerprint density at radius 3 is 2.71 bits per heavy atom. The lowest BCUT2D eigenvalue weighted by atomic mass is 9.88. The summed E-state index contributed by atoms with van der Waals surface area (Å²) in [5.41, 5.74) is 0.713. The standard InChI is InChI=1S/C26H41FN4O4/c1-28-17-23(15-19-7-3-4-8-19)29-25(32)31-12-6-10-21(18-31)24(20-9-5-11-22(27)16-20)35-14-13-30(2)26(33)34/h5,9,11,16,19,21,23-24,28H,3-4,6-8,10,12-15,17-18H2,1-2H3,(H,29,32)(H,33,34). The predicted octanol–water partition coefficient (Wildman–Crippen LogP) is 4.08. The van der Waals surface area contributed by atoms with E-state index in [2.05, 4.69) is 10.6 Å². The summed E-state index contributed by atoms with van der Waals surface area (Å²) in [5, 5.41) is 15.6. The van der Waals surface area contributed by atoms with Crippen LogP contribution < -0.4 is 10.6 Å². The molecule has 0 spiro atoms. The third-order valence-corrected chi connectivity index (χ3v) is 7.27. The van der Waals surface area contributed by atoms with Crippen molar-refractivity contribution in [3.8, 4) is 0 Å². The first kappa shape index (κ1) is 27.2. The van der Waals surface area contributed by atoms with Crippen molar-refractivity contribution in [2.45, 2.75) is 57.1 Å². The van der Waals surface area contributed by atoms with Gasteiger partial charge in [0.05, 0.1) is 12.7 Å². The molecule has 1 heterocycles. The van der Waals surface area contributed by atoms with Crippen LogP contribution in [0.4, 0.5) is 14.0 Å². The van der Waals surface area contributed by atoms with E-state index in [4.69, 9.17) is 9.84 Å². The number of benzene rings is 1. The fourth-order valence-corrected chi connectivity index (χ4v) is 5.40. The van der Waals surface area contributed by atoms with Crippen molar-refractivity contribution in [2.24, 2.45) is 11.8 Å². The summed E-state index contributed by atoms with van der Waals surface area (Å²) in [5.74, 6) is 0.326. The molecule has 3 N–H and O–H groups in total. The maximum atomic E-state index is 14.0. The van der Waals surface area contributed by atoms with Crippen molar-refractivity contribution < 1.29 is 23.8 Å². The van der Waals surface area contributed by atoms with Crippen molar-refractivity contribution >= 4 is 12.1 Å². The van der Waals surface area contributed by atoms with Gasteiger partial charge in [-0.05, 0) is 49.9 Å². The molecule has 2 fully saturated rings. The van der Waals surface area contributed by atoms with Gasteiger partial charge in [-0.25, -0.2) is 14.0 Å². The average molecular weight is 493 g/mol. The maximum absolute atomic E-state index is 14.0. The number of piperidine rings is 1. The molecular weight excluding hydrogens is 451 g/mol. The number of carbonyl (C=O) groups excluding carboxylic acids is 1. The summed E-state index contributed by atoms with van der Waals surface area (Å²) in [6.45, 7) is 2.34. The highest BCUT2D eigenvalue weighted by Crippen LogP contribution is 2.33. The van der Waals surface area contributed by atoms with Gasteiger partial charge >= 0.3 is 12.1 Å². The van der Waals surface area contributed by atoms with Crippen molar-refractivity contribution in [3.05, 3.63) is 35.6 Å². The topological polar surface area (TPSA) is 94.1 Å². The van der Waals surface area contributed by atoms with Crippen molar-refractivity contribution in [1.29, 1.82) is 0 Å². The number of carboxylic acid groups (broad SMARTS) is 1. The summed E-state index contributed by atoms with van der Waals surface area (Å²) in [7, 11) is 3.40. The average Bonchev–Trinajstić information content (AvgIpc) is 3.35. The highest BCUT2D eigenvalue weighted by Gasteiger charge is 2.32. The molecule has 9 heteroatoms. The third kappa shape index (κ3) is 8.35. The van der Waals surface area contributed by atoms with Crippen LogP contribution in [0.1, 0.15) is 56.6 Å². The molecule has 1 aromatic carbocycles. The minimum Gasteiger partial charge on any atom is -0.465 e. The molecule has 3 amide bonds. The number of urea groups is 1. The number of amides is 3. The van der Waals surface area contributed by atoms with E-state index in [1.165, 1.54) is 44.9 Å². The molecule has 196 valence electrons. The van der Waals surface area contributed by atoms with E-state index in [-0.39, 0.29) is 37.0 Å². The van der Waals surface area contributed by atoms with E-state index < -0.39 is 12.2 Å². The van der Waals surface area contributed by atoms with Crippen LogP contribution in [0.3, 0.4) is 0 Å². The second-order valence-electron chi connectivity index (χ2n) is 9.99. The maximum Gasteiger partial charge on any atom is 0.407 e. The summed E-state index contributed by atoms with van der Waals surface area (Å²) in [6.07, 6.45) is 6.28. The van der Waals surface area contributed by atoms with E-state index >= 15 is 0 Å². The summed E-state index contributed by atoms with van der Waals surface area (Å²) >= 11 is 0. The number of rotatable bonds is 11. The third-order valence-electron chi connectivity index (χ3n) is 7.27. The number of likely N-dealkylation sites (N-methyl/N-ethyl adjacent to an activating group) is 2. The number of halogens is 1. The summed E-state index contributed by atoms with van der Waals surface area (Å²) in [4.78, 5) is 27.3. The molecule has 1 aliphatic heterocycles. The molecule has 2 aliphatic rings. The molecule has 8 nitrogen and oxygen atoms in total. The number of nitrogens with one attached hydrogen (secondary N) is 2. The molecule has 1 aromatic rings. The van der Waals surface area contributed by atoms with Gasteiger partial charge < -0.3 is 30.3 Å². The Balaban J connectivity index is 1.64. The zero-order chi connectivity index (χ0) is 25.2. The van der Waals surface area contributed by atoms with Crippen LogP contribution in [-0.2, 0) is 4.74 Å². The van der Waals surface area contributed by atoms with Crippen LogP contribution in [0.5, 0.6) is 0 Å². The van der Waals surface area contributed by atoms with Crippen LogP contribution in [-0.4, -0.2) is 80.0 Å². The fourth-order valence-electron chi connectivity index (χ4n) is 5.40. The summed E-state index contributed by atoms with van der Waals surface area (Å²) < 4.78 is 20.2. The van der Waals surface area contributed by atoms with Crippen LogP contribution >= 0.6 is 0 Å². The van der Waals surface area contributed by atoms with Crippen LogP contribution in [0.15, 0.2) is 24.3 Å². The molecule has 3 atom stereocenters. The van der Waals surface area contributed by atoms with Gasteiger partial charge in [0.2, 0.25) is 0 Å². The highest BCUT2D eigenvalue weighted by molar-refractivity contribution is 5.74. The largest absolute Gasteiger partial charge is 0.465 e. The van der Waals surface area contributed by atoms with E-state index in [1.54, 1.807) is 6.07 Å². The zero-order valence-electron chi connectivity index (χ0n) is 21.0. The zero-order valence-corrected chi connectivity index (χ0v) is 21.0. The van der Waals surface area contributed by atoms with Crippen LogP contribution in [0.25, 0.3) is 0 Å². The Labute approximate surface area is 208 Å². The molecule has 3 rings (SSSR count). The van der Waals surface area contributed by atoms with Gasteiger partial charge in [-0.15, -0.1) is 0 Å². The molecule has 1 saturated carbocycles. The first-order valence-corrected chi connectivity index (χ1v) is 12.9. The van der Waals surface area contributed by atoms with E-state index in [0.717, 1.165) is 30.7 Å². The van der Waals surface area contributed by atoms with E-state index in [1.807, 2.05) is 18.0 Å². The first-order valence-electron chi connectivity index (χ1n) is 12.9. The lowest BCUT2D eigenvalue weighted by molar-refractivity contribution is -0.0157. The number of hydrogen-bond acceptors (Lipinski definition) is 4. The monoisotopic (exact) mass is 492 g/mol. The SMILES string of the molecule is CNCC(CC1CCCC1)NC(=O)N1CCCC(C(OCCN(C)C(=O)O)c2cccc(F)c2)C1. The molecule has 0 aromatic heterocycles. The lowest BCUT2D eigenvalue weighted by Gasteiger charge is -2.38. The predicted molar refractivity (Wildman–Crippen MR) is 133 cm³/mol. The smallest absolute Gasteiger partial charge is 0.407 e. The lowest BCUT2D eigenvalue weighted by Crippen LogP contribution is -2.51. The van der Waals surface area contributed by atoms with Crippen molar-refractivity contribution in [3.63, 3.8) is 0 Å². The number of nitrogens with zero attached hydrogens (tertiary/aromatic N) is 2. The van der Waals surface area contributed by atoms with Crippen molar-refractivity contribution in [1.82, 2.24) is 20.4 Å². The van der Waals surface area contributed by atoms with Gasteiger partial charge in [0.1, 0.15) is 5.82 Å². The molecule has 1 saturated heterocycles. The Hall–Kier alpha value is -2.39. The summed E-state index contributed by atoms with van der Waals surface area (Å²) in [6, 6.07) is 6.39. The second kappa shape index (κ2) is 13.6. The number of ether oxygens (including phenoxy) is 1. The highest BCUT2D eigenvalue weighted by atomic mass is 19.1. The Morgan fingerprint density at radius 2 is 2.03 bits per heavy atom. The molecule has 1 aliphatic carbocycles. The number of likely N-dealkylation sites (tertiary alicyclic amines) is 1. The molecule has 35 heavy (non-hydrogen) atoms.